The fourth-order valence-corrected chi connectivity index (χ4v) is 4.75. The molecule has 1 aliphatic rings. The molecule has 6 heteroatoms. The topological polar surface area (TPSA) is 41.6 Å². The van der Waals surface area contributed by atoms with Gasteiger partial charge in [-0.15, -0.1) is 0 Å². The van der Waals surface area contributed by atoms with Gasteiger partial charge in [-0.1, -0.05) is 54.1 Å². The van der Waals surface area contributed by atoms with Crippen molar-refractivity contribution in [3.05, 3.63) is 89.4 Å². The van der Waals surface area contributed by atoms with Crippen molar-refractivity contribution >= 4 is 34.3 Å². The van der Waals surface area contributed by atoms with E-state index in [0.29, 0.717) is 9.92 Å². The number of nitrogens with one attached hydrogen (secondary N) is 1. The van der Waals surface area contributed by atoms with Gasteiger partial charge < -0.3 is 9.45 Å². The third-order valence-corrected chi connectivity index (χ3v) is 6.72. The SMILES string of the molecule is [O-][S+](Nc1ccc(CN2CCN(c3ccccc3)CC2)cc1)c1ccccc1Cl. The standard InChI is InChI=1S/C23H24ClN3OS/c24-22-8-4-5-9-23(22)29(28)25-20-12-10-19(11-13-20)18-26-14-16-27(17-15-26)21-6-2-1-3-7-21/h1-13,25H,14-18H2. The van der Waals surface area contributed by atoms with Crippen LogP contribution < -0.4 is 9.62 Å². The van der Waals surface area contributed by atoms with Crippen molar-refractivity contribution in [1.82, 2.24) is 4.90 Å². The molecule has 0 saturated carbocycles. The van der Waals surface area contributed by atoms with E-state index in [1.807, 2.05) is 24.3 Å². The van der Waals surface area contributed by atoms with Crippen molar-refractivity contribution in [2.45, 2.75) is 11.4 Å². The largest absolute Gasteiger partial charge is 0.588 e. The van der Waals surface area contributed by atoms with Crippen LogP contribution in [0, 0.1) is 0 Å². The van der Waals surface area contributed by atoms with E-state index < -0.39 is 11.4 Å². The Kier molecular flexibility index (Phi) is 6.62. The Morgan fingerprint density at radius 3 is 2.17 bits per heavy atom. The number of hydrogen-bond donors (Lipinski definition) is 1. The smallest absolute Gasteiger partial charge is 0.198 e. The molecule has 4 nitrogen and oxygen atoms in total. The normalized spacial score (nSPS) is 15.9. The first-order valence-electron chi connectivity index (χ1n) is 9.73. The molecule has 3 aromatic rings. The first-order valence-corrected chi connectivity index (χ1v) is 11.3. The molecule has 0 spiro atoms. The molecule has 4 rings (SSSR count). The number of anilines is 2. The molecule has 0 amide bonds. The van der Waals surface area contributed by atoms with E-state index in [4.69, 9.17) is 11.6 Å². The van der Waals surface area contributed by atoms with E-state index in [2.05, 4.69) is 57.0 Å². The summed E-state index contributed by atoms with van der Waals surface area (Å²) in [4.78, 5) is 5.51. The molecule has 0 aromatic heterocycles. The van der Waals surface area contributed by atoms with E-state index in [1.54, 1.807) is 12.1 Å². The molecule has 150 valence electrons. The van der Waals surface area contributed by atoms with E-state index in [9.17, 15) is 4.55 Å². The summed E-state index contributed by atoms with van der Waals surface area (Å²) in [6.45, 7) is 5.11. The van der Waals surface area contributed by atoms with Crippen LogP contribution in [0.5, 0.6) is 0 Å². The molecule has 0 aliphatic carbocycles. The first-order chi connectivity index (χ1) is 14.2. The van der Waals surface area contributed by atoms with Crippen molar-refractivity contribution in [3.8, 4) is 0 Å². The number of hydrogen-bond acceptors (Lipinski definition) is 4. The van der Waals surface area contributed by atoms with Crippen LogP contribution in [0.4, 0.5) is 11.4 Å². The zero-order valence-corrected chi connectivity index (χ0v) is 17.7. The Morgan fingerprint density at radius 1 is 0.828 bits per heavy atom. The molecule has 1 fully saturated rings. The number of nitrogens with zero attached hydrogens (tertiary/aromatic N) is 2. The molecule has 0 bridgehead atoms. The van der Waals surface area contributed by atoms with Crippen LogP contribution in [0.25, 0.3) is 0 Å². The highest BCUT2D eigenvalue weighted by Gasteiger charge is 2.18. The monoisotopic (exact) mass is 425 g/mol. The average Bonchev–Trinajstić information content (AvgIpc) is 2.76. The van der Waals surface area contributed by atoms with Crippen LogP contribution in [0.2, 0.25) is 5.02 Å². The number of benzene rings is 3. The lowest BCUT2D eigenvalue weighted by atomic mass is 10.1. The molecular weight excluding hydrogens is 402 g/mol. The lowest BCUT2D eigenvalue weighted by molar-refractivity contribution is 0.250. The average molecular weight is 426 g/mol. The van der Waals surface area contributed by atoms with Crippen LogP contribution in [-0.4, -0.2) is 35.6 Å². The summed E-state index contributed by atoms with van der Waals surface area (Å²) < 4.78 is 15.5. The quantitative estimate of drug-likeness (QED) is 0.576. The predicted molar refractivity (Wildman–Crippen MR) is 122 cm³/mol. The minimum absolute atomic E-state index is 0.504. The summed E-state index contributed by atoms with van der Waals surface area (Å²) >= 11 is 4.75. The summed E-state index contributed by atoms with van der Waals surface area (Å²) in [5.41, 5.74) is 3.38. The molecule has 1 heterocycles. The number of halogens is 1. The molecular formula is C23H24ClN3OS. The maximum absolute atomic E-state index is 12.5. The van der Waals surface area contributed by atoms with E-state index >= 15 is 0 Å². The second-order valence-electron chi connectivity index (χ2n) is 7.10. The minimum atomic E-state index is -1.38. The van der Waals surface area contributed by atoms with Crippen molar-refractivity contribution < 1.29 is 4.55 Å². The van der Waals surface area contributed by atoms with Crippen molar-refractivity contribution in [3.63, 3.8) is 0 Å². The van der Waals surface area contributed by atoms with E-state index in [0.717, 1.165) is 38.4 Å². The first kappa shape index (κ1) is 20.1. The lowest BCUT2D eigenvalue weighted by Crippen LogP contribution is -2.45. The number of para-hydroxylation sites is 1. The molecule has 1 unspecified atom stereocenters. The third-order valence-electron chi connectivity index (χ3n) is 5.10. The number of piperazine rings is 1. The fourth-order valence-electron chi connectivity index (χ4n) is 3.50. The molecule has 0 radical (unpaired) electrons. The van der Waals surface area contributed by atoms with Gasteiger partial charge in [0.25, 0.3) is 0 Å². The Balaban J connectivity index is 1.29. The van der Waals surface area contributed by atoms with Crippen LogP contribution >= 0.6 is 11.6 Å². The Bertz CT molecular complexity index is 915. The van der Waals surface area contributed by atoms with E-state index in [1.165, 1.54) is 11.3 Å². The van der Waals surface area contributed by atoms with Gasteiger partial charge in [0.05, 0.1) is 10.7 Å². The highest BCUT2D eigenvalue weighted by atomic mass is 35.5. The van der Waals surface area contributed by atoms with Gasteiger partial charge in [0.1, 0.15) is 11.4 Å². The molecule has 3 aromatic carbocycles. The molecule has 29 heavy (non-hydrogen) atoms. The van der Waals surface area contributed by atoms with Gasteiger partial charge in [-0.2, -0.15) is 0 Å². The van der Waals surface area contributed by atoms with Crippen LogP contribution in [0.1, 0.15) is 5.56 Å². The predicted octanol–water partition coefficient (Wildman–Crippen LogP) is 4.80. The highest BCUT2D eigenvalue weighted by Crippen LogP contribution is 2.24. The maximum Gasteiger partial charge on any atom is 0.198 e. The van der Waals surface area contributed by atoms with Gasteiger partial charge in [-0.25, -0.2) is 4.72 Å². The van der Waals surface area contributed by atoms with Gasteiger partial charge in [0.15, 0.2) is 4.90 Å². The third kappa shape index (κ3) is 5.25. The van der Waals surface area contributed by atoms with Crippen molar-refractivity contribution in [1.29, 1.82) is 0 Å². The van der Waals surface area contributed by atoms with E-state index in [-0.39, 0.29) is 0 Å². The summed E-state index contributed by atoms with van der Waals surface area (Å²) in [5, 5.41) is 0.504. The molecule has 1 N–H and O–H groups in total. The lowest BCUT2D eigenvalue weighted by Gasteiger charge is -2.36. The molecule has 1 aliphatic heterocycles. The summed E-state index contributed by atoms with van der Waals surface area (Å²) in [5.74, 6) is 0. The minimum Gasteiger partial charge on any atom is -0.588 e. The van der Waals surface area contributed by atoms with Crippen LogP contribution in [0.15, 0.2) is 83.8 Å². The molecule has 1 saturated heterocycles. The maximum atomic E-state index is 12.5. The zero-order valence-electron chi connectivity index (χ0n) is 16.1. The van der Waals surface area contributed by atoms with Crippen molar-refractivity contribution in [2.75, 3.05) is 35.8 Å². The Hall–Kier alpha value is -2.18. The summed E-state index contributed by atoms with van der Waals surface area (Å²) in [6, 6.07) is 25.9. The number of rotatable bonds is 6. The van der Waals surface area contributed by atoms with Gasteiger partial charge in [-0.3, -0.25) is 4.90 Å². The second-order valence-corrected chi connectivity index (χ2v) is 8.69. The molecule has 1 atom stereocenters. The van der Waals surface area contributed by atoms with Crippen LogP contribution in [-0.2, 0) is 17.9 Å². The second kappa shape index (κ2) is 9.55. The fraction of sp³-hybridized carbons (Fsp3) is 0.217. The van der Waals surface area contributed by atoms with Gasteiger partial charge in [0.2, 0.25) is 0 Å². The van der Waals surface area contributed by atoms with Gasteiger partial charge >= 0.3 is 0 Å². The Morgan fingerprint density at radius 2 is 1.48 bits per heavy atom. The summed E-state index contributed by atoms with van der Waals surface area (Å²) in [7, 11) is 0. The highest BCUT2D eigenvalue weighted by molar-refractivity contribution is 7.92. The van der Waals surface area contributed by atoms with Crippen LogP contribution in [0.3, 0.4) is 0 Å². The van der Waals surface area contributed by atoms with Crippen molar-refractivity contribution in [2.24, 2.45) is 0 Å². The Labute approximate surface area is 180 Å². The zero-order chi connectivity index (χ0) is 20.1. The van der Waals surface area contributed by atoms with Gasteiger partial charge in [-0.05, 0) is 42.0 Å². The van der Waals surface area contributed by atoms with Gasteiger partial charge in [0, 0.05) is 38.4 Å². The summed E-state index contributed by atoms with van der Waals surface area (Å²) in [6.07, 6.45) is 0.